The van der Waals surface area contributed by atoms with Crippen molar-refractivity contribution in [3.63, 3.8) is 0 Å². The molecule has 12 heteroatoms. The summed E-state index contributed by atoms with van der Waals surface area (Å²) in [6.07, 6.45) is 2.33. The number of aliphatic carboxylic acids is 1. The van der Waals surface area contributed by atoms with E-state index in [0.717, 1.165) is 17.1 Å². The molecule has 0 fully saturated rings. The Bertz CT molecular complexity index is 716. The summed E-state index contributed by atoms with van der Waals surface area (Å²) in [4.78, 5) is 70.7. The van der Waals surface area contributed by atoms with Crippen LogP contribution in [-0.4, -0.2) is 70.8 Å². The highest BCUT2D eigenvalue weighted by Crippen LogP contribution is 2.07. The van der Waals surface area contributed by atoms with E-state index in [1.165, 1.54) is 0 Å². The van der Waals surface area contributed by atoms with Gasteiger partial charge in [-0.25, -0.2) is 9.59 Å². The van der Waals surface area contributed by atoms with Crippen LogP contribution in [-0.2, 0) is 24.0 Å². The average Bonchev–Trinajstić information content (AvgIpc) is 2.97. The maximum Gasteiger partial charge on any atom is 0.326 e. The summed E-state index contributed by atoms with van der Waals surface area (Å²) in [6.45, 7) is 3.37. The highest BCUT2D eigenvalue weighted by molar-refractivity contribution is 6.13. The van der Waals surface area contributed by atoms with Crippen molar-refractivity contribution in [1.82, 2.24) is 20.9 Å². The molecule has 0 aromatic carbocycles. The number of carbonyl (C=O) groups excluding carboxylic acids is 5. The summed E-state index contributed by atoms with van der Waals surface area (Å²) >= 11 is 0. The molecular formula is C18H27N5O7. The molecule has 0 radical (unpaired) electrons. The monoisotopic (exact) mass is 425 g/mol. The molecule has 166 valence electrons. The van der Waals surface area contributed by atoms with Crippen molar-refractivity contribution in [3.05, 3.63) is 12.2 Å². The van der Waals surface area contributed by atoms with Crippen LogP contribution in [0.4, 0.5) is 4.79 Å². The molecule has 1 heterocycles. The Morgan fingerprint density at radius 3 is 2.20 bits per heavy atom. The molecule has 6 amide bonds. The first kappa shape index (κ1) is 24.6. The van der Waals surface area contributed by atoms with Crippen LogP contribution in [0.3, 0.4) is 0 Å². The van der Waals surface area contributed by atoms with Crippen molar-refractivity contribution in [2.24, 2.45) is 11.7 Å². The van der Waals surface area contributed by atoms with E-state index in [1.807, 2.05) is 0 Å². The zero-order valence-electron chi connectivity index (χ0n) is 16.8. The summed E-state index contributed by atoms with van der Waals surface area (Å²) in [5.74, 6) is -3.87. The maximum absolute atomic E-state index is 12.5. The highest BCUT2D eigenvalue weighted by Gasteiger charge is 2.29. The van der Waals surface area contributed by atoms with Gasteiger partial charge in [0.2, 0.25) is 11.8 Å². The van der Waals surface area contributed by atoms with E-state index in [1.54, 1.807) is 13.8 Å². The first-order valence-corrected chi connectivity index (χ1v) is 9.42. The fourth-order valence-electron chi connectivity index (χ4n) is 2.68. The number of nitrogens with zero attached hydrogens (tertiary/aromatic N) is 1. The van der Waals surface area contributed by atoms with Crippen LogP contribution in [0.1, 0.15) is 33.1 Å². The SMILES string of the molecule is CC(C)[C@H](NC(=O)CCN1C(=O)C=CC1=O)C(=O)N[C@@H](CCCNC(N)=O)C(=O)O. The molecule has 2 atom stereocenters. The Kier molecular flexibility index (Phi) is 9.46. The van der Waals surface area contributed by atoms with E-state index in [4.69, 9.17) is 5.73 Å². The normalized spacial score (nSPS) is 15.1. The number of carboxylic acids is 1. The van der Waals surface area contributed by atoms with Crippen LogP contribution >= 0.6 is 0 Å². The number of urea groups is 1. The highest BCUT2D eigenvalue weighted by atomic mass is 16.4. The number of nitrogens with two attached hydrogens (primary N) is 1. The van der Waals surface area contributed by atoms with Gasteiger partial charge in [-0.1, -0.05) is 13.8 Å². The Labute approximate surface area is 173 Å². The van der Waals surface area contributed by atoms with Crippen molar-refractivity contribution in [3.8, 4) is 0 Å². The Morgan fingerprint density at radius 2 is 1.70 bits per heavy atom. The van der Waals surface area contributed by atoms with Gasteiger partial charge >= 0.3 is 12.0 Å². The van der Waals surface area contributed by atoms with Crippen LogP contribution in [0.5, 0.6) is 0 Å². The molecule has 0 saturated heterocycles. The van der Waals surface area contributed by atoms with E-state index < -0.39 is 47.7 Å². The van der Waals surface area contributed by atoms with Gasteiger partial charge in [-0.3, -0.25) is 24.1 Å². The second-order valence-corrected chi connectivity index (χ2v) is 7.03. The Balaban J connectivity index is 2.59. The molecule has 0 aromatic rings. The fraction of sp³-hybridized carbons (Fsp3) is 0.556. The van der Waals surface area contributed by atoms with E-state index in [9.17, 15) is 33.9 Å². The third-order valence-corrected chi connectivity index (χ3v) is 4.31. The topological polar surface area (TPSA) is 188 Å². The van der Waals surface area contributed by atoms with Gasteiger partial charge in [-0.05, 0) is 18.8 Å². The third-order valence-electron chi connectivity index (χ3n) is 4.31. The molecule has 12 nitrogen and oxygen atoms in total. The van der Waals surface area contributed by atoms with Crippen LogP contribution in [0.15, 0.2) is 12.2 Å². The van der Waals surface area contributed by atoms with Crippen molar-refractivity contribution in [2.45, 2.75) is 45.2 Å². The van der Waals surface area contributed by atoms with Crippen LogP contribution in [0.25, 0.3) is 0 Å². The molecule has 1 aliphatic rings. The van der Waals surface area contributed by atoms with Crippen molar-refractivity contribution in [1.29, 1.82) is 0 Å². The van der Waals surface area contributed by atoms with Gasteiger partial charge in [-0.15, -0.1) is 0 Å². The molecule has 1 rings (SSSR count). The van der Waals surface area contributed by atoms with Gasteiger partial charge in [0.15, 0.2) is 0 Å². The molecule has 0 bridgehead atoms. The standard InChI is InChI=1S/C18H27N5O7/c1-10(2)15(22-12(24)7-9-23-13(25)5-6-14(23)26)16(27)21-11(17(28)29)4-3-8-20-18(19)30/h5-6,10-11,15H,3-4,7-9H2,1-2H3,(H,21,27)(H,22,24)(H,28,29)(H3,19,20,30)/t11-,15-/m0/s1. The number of rotatable bonds is 12. The molecular weight excluding hydrogens is 398 g/mol. The predicted molar refractivity (Wildman–Crippen MR) is 104 cm³/mol. The molecule has 30 heavy (non-hydrogen) atoms. The van der Waals surface area contributed by atoms with Gasteiger partial charge in [-0.2, -0.15) is 0 Å². The van der Waals surface area contributed by atoms with E-state index in [0.29, 0.717) is 0 Å². The van der Waals surface area contributed by atoms with Crippen molar-refractivity contribution >= 4 is 35.6 Å². The number of nitrogens with one attached hydrogen (secondary N) is 3. The largest absolute Gasteiger partial charge is 0.480 e. The lowest BCUT2D eigenvalue weighted by Crippen LogP contribution is -2.54. The van der Waals surface area contributed by atoms with Gasteiger partial charge in [0.05, 0.1) is 0 Å². The number of hydrogen-bond acceptors (Lipinski definition) is 6. The lowest BCUT2D eigenvalue weighted by Gasteiger charge is -2.24. The molecule has 0 aliphatic carbocycles. The molecule has 0 saturated carbocycles. The van der Waals surface area contributed by atoms with Crippen molar-refractivity contribution < 1.29 is 33.9 Å². The number of carbonyl (C=O) groups is 6. The minimum Gasteiger partial charge on any atom is -0.480 e. The molecule has 1 aliphatic heterocycles. The minimum atomic E-state index is -1.25. The fourth-order valence-corrected chi connectivity index (χ4v) is 2.68. The van der Waals surface area contributed by atoms with Gasteiger partial charge < -0.3 is 26.8 Å². The van der Waals surface area contributed by atoms with Crippen LogP contribution in [0, 0.1) is 5.92 Å². The Hall–Kier alpha value is -3.44. The molecule has 6 N–H and O–H groups in total. The maximum atomic E-state index is 12.5. The van der Waals surface area contributed by atoms with Crippen molar-refractivity contribution in [2.75, 3.05) is 13.1 Å². The van der Waals surface area contributed by atoms with Crippen LogP contribution < -0.4 is 21.7 Å². The summed E-state index contributed by atoms with van der Waals surface area (Å²) < 4.78 is 0. The summed E-state index contributed by atoms with van der Waals surface area (Å²) in [6, 6.07) is -2.95. The van der Waals surface area contributed by atoms with Gasteiger partial charge in [0.1, 0.15) is 12.1 Å². The lowest BCUT2D eigenvalue weighted by molar-refractivity contribution is -0.142. The number of carboxylic acid groups (broad SMARTS) is 1. The van der Waals surface area contributed by atoms with Crippen LogP contribution in [0.2, 0.25) is 0 Å². The zero-order valence-corrected chi connectivity index (χ0v) is 16.8. The average molecular weight is 425 g/mol. The predicted octanol–water partition coefficient (Wildman–Crippen LogP) is -1.54. The first-order chi connectivity index (χ1) is 14.0. The third kappa shape index (κ3) is 7.89. The van der Waals surface area contributed by atoms with E-state index in [2.05, 4.69) is 16.0 Å². The first-order valence-electron chi connectivity index (χ1n) is 9.42. The molecule has 0 spiro atoms. The minimum absolute atomic E-state index is 0.0479. The quantitative estimate of drug-likeness (QED) is 0.185. The number of primary amides is 1. The van der Waals surface area contributed by atoms with E-state index in [-0.39, 0.29) is 38.3 Å². The number of hydrogen-bond donors (Lipinski definition) is 5. The lowest BCUT2D eigenvalue weighted by atomic mass is 10.0. The number of amides is 6. The smallest absolute Gasteiger partial charge is 0.326 e. The second kappa shape index (κ2) is 11.5. The zero-order chi connectivity index (χ0) is 22.8. The Morgan fingerprint density at radius 1 is 1.10 bits per heavy atom. The summed E-state index contributed by atoms with van der Waals surface area (Å²) in [7, 11) is 0. The van der Waals surface area contributed by atoms with Gasteiger partial charge in [0, 0.05) is 31.7 Å². The molecule has 0 unspecified atom stereocenters. The number of imide groups is 1. The summed E-state index contributed by atoms with van der Waals surface area (Å²) in [5, 5.41) is 16.5. The van der Waals surface area contributed by atoms with Gasteiger partial charge in [0.25, 0.3) is 11.8 Å². The summed E-state index contributed by atoms with van der Waals surface area (Å²) in [5.41, 5.74) is 4.93. The van der Waals surface area contributed by atoms with E-state index >= 15 is 0 Å². The molecule has 0 aromatic heterocycles. The second-order valence-electron chi connectivity index (χ2n) is 7.03.